The summed E-state index contributed by atoms with van der Waals surface area (Å²) in [5, 5.41) is 12.8. The second-order valence-electron chi connectivity index (χ2n) is 6.59. The first-order valence-electron chi connectivity index (χ1n) is 8.79. The highest BCUT2D eigenvalue weighted by Gasteiger charge is 2.26. The summed E-state index contributed by atoms with van der Waals surface area (Å²) in [5.74, 6) is 1.28. The van der Waals surface area contributed by atoms with Crippen molar-refractivity contribution < 1.29 is 14.3 Å². The number of nitrogens with one attached hydrogen (secondary N) is 1. The molecule has 0 saturated carbocycles. The van der Waals surface area contributed by atoms with Crippen LogP contribution in [0.5, 0.6) is 11.5 Å². The predicted octanol–water partition coefficient (Wildman–Crippen LogP) is 3.80. The number of piperidine rings is 1. The van der Waals surface area contributed by atoms with Crippen LogP contribution in [-0.2, 0) is 4.79 Å². The molecule has 0 unspecified atom stereocenters. The van der Waals surface area contributed by atoms with Crippen molar-refractivity contribution in [2.45, 2.75) is 12.8 Å². The number of carbonyl (C=O) groups is 1. The summed E-state index contributed by atoms with van der Waals surface area (Å²) < 4.78 is 10.6. The van der Waals surface area contributed by atoms with Gasteiger partial charge in [0.2, 0.25) is 12.7 Å². The zero-order valence-electron chi connectivity index (χ0n) is 14.6. The summed E-state index contributed by atoms with van der Waals surface area (Å²) in [5.41, 5.74) is 2.14. The quantitative estimate of drug-likeness (QED) is 0.872. The molecule has 0 aliphatic carbocycles. The van der Waals surface area contributed by atoms with Crippen LogP contribution in [0.25, 0.3) is 0 Å². The van der Waals surface area contributed by atoms with Crippen molar-refractivity contribution in [2.75, 3.05) is 30.1 Å². The van der Waals surface area contributed by atoms with Gasteiger partial charge in [0.25, 0.3) is 0 Å². The Morgan fingerprint density at radius 1 is 1.15 bits per heavy atom. The van der Waals surface area contributed by atoms with Gasteiger partial charge in [-0.1, -0.05) is 11.6 Å². The summed E-state index contributed by atoms with van der Waals surface area (Å²) in [6.45, 7) is 1.64. The van der Waals surface area contributed by atoms with E-state index in [1.807, 2.05) is 12.1 Å². The summed E-state index contributed by atoms with van der Waals surface area (Å²) >= 11 is 5.97. The highest BCUT2D eigenvalue weighted by molar-refractivity contribution is 6.30. The van der Waals surface area contributed by atoms with Crippen molar-refractivity contribution in [1.82, 2.24) is 0 Å². The molecule has 2 aliphatic heterocycles. The Kier molecular flexibility index (Phi) is 4.78. The molecule has 0 bridgehead atoms. The van der Waals surface area contributed by atoms with E-state index in [0.717, 1.165) is 31.6 Å². The normalized spacial score (nSPS) is 16.1. The van der Waals surface area contributed by atoms with Gasteiger partial charge in [-0.05, 0) is 43.2 Å². The molecule has 1 N–H and O–H groups in total. The number of nitrogens with zero attached hydrogens (tertiary/aromatic N) is 2. The van der Waals surface area contributed by atoms with Crippen LogP contribution in [0.1, 0.15) is 18.4 Å². The maximum atomic E-state index is 12.6. The molecular weight excluding hydrogens is 366 g/mol. The molecule has 1 saturated heterocycles. The topological polar surface area (TPSA) is 74.6 Å². The number of ether oxygens (including phenoxy) is 2. The summed E-state index contributed by atoms with van der Waals surface area (Å²) in [4.78, 5) is 14.7. The maximum Gasteiger partial charge on any atom is 0.231 e. The largest absolute Gasteiger partial charge is 0.454 e. The Hall–Kier alpha value is -2.91. The van der Waals surface area contributed by atoms with E-state index in [-0.39, 0.29) is 18.6 Å². The van der Waals surface area contributed by atoms with E-state index >= 15 is 0 Å². The summed E-state index contributed by atoms with van der Waals surface area (Å²) in [6, 6.07) is 12.9. The van der Waals surface area contributed by atoms with Crippen molar-refractivity contribution in [1.29, 1.82) is 5.26 Å². The zero-order chi connectivity index (χ0) is 18.8. The number of nitriles is 1. The van der Waals surface area contributed by atoms with E-state index in [1.165, 1.54) is 0 Å². The minimum atomic E-state index is -0.0653. The van der Waals surface area contributed by atoms with Gasteiger partial charge in [0.1, 0.15) is 6.07 Å². The van der Waals surface area contributed by atoms with Gasteiger partial charge in [0.15, 0.2) is 11.5 Å². The Balaban J connectivity index is 1.38. The van der Waals surface area contributed by atoms with E-state index in [9.17, 15) is 10.1 Å². The van der Waals surface area contributed by atoms with E-state index in [4.69, 9.17) is 21.1 Å². The van der Waals surface area contributed by atoms with Crippen molar-refractivity contribution in [2.24, 2.45) is 5.92 Å². The number of carbonyl (C=O) groups excluding carboxylic acids is 1. The van der Waals surface area contributed by atoms with Gasteiger partial charge >= 0.3 is 0 Å². The number of halogens is 1. The number of hydrogen-bond acceptors (Lipinski definition) is 5. The van der Waals surface area contributed by atoms with Crippen molar-refractivity contribution in [3.8, 4) is 17.6 Å². The van der Waals surface area contributed by atoms with E-state index < -0.39 is 0 Å². The fourth-order valence-electron chi connectivity index (χ4n) is 3.47. The number of hydrogen-bond donors (Lipinski definition) is 1. The van der Waals surface area contributed by atoms with Crippen LogP contribution in [0.3, 0.4) is 0 Å². The molecule has 1 amide bonds. The first-order chi connectivity index (χ1) is 13.1. The average molecular weight is 384 g/mol. The van der Waals surface area contributed by atoms with E-state index in [0.29, 0.717) is 27.8 Å². The molecule has 0 radical (unpaired) electrons. The molecule has 27 heavy (non-hydrogen) atoms. The van der Waals surface area contributed by atoms with Crippen LogP contribution in [0, 0.1) is 17.2 Å². The fraction of sp³-hybridized carbons (Fsp3) is 0.300. The monoisotopic (exact) mass is 383 g/mol. The SMILES string of the molecule is N#Cc1cc(Cl)ccc1N1CCC(C(=O)Nc2ccc3c(c2)OCO3)CC1. The molecule has 2 aromatic carbocycles. The van der Waals surface area contributed by atoms with E-state index in [1.54, 1.807) is 24.3 Å². The van der Waals surface area contributed by atoms with Gasteiger partial charge in [-0.25, -0.2) is 0 Å². The Morgan fingerprint density at radius 2 is 1.93 bits per heavy atom. The van der Waals surface area contributed by atoms with Crippen LogP contribution in [0.2, 0.25) is 5.02 Å². The molecule has 0 spiro atoms. The van der Waals surface area contributed by atoms with Crippen LogP contribution >= 0.6 is 11.6 Å². The fourth-order valence-corrected chi connectivity index (χ4v) is 3.65. The van der Waals surface area contributed by atoms with Gasteiger partial charge in [-0.2, -0.15) is 5.26 Å². The maximum absolute atomic E-state index is 12.6. The summed E-state index contributed by atoms with van der Waals surface area (Å²) in [7, 11) is 0. The molecule has 6 nitrogen and oxygen atoms in total. The Labute approximate surface area is 162 Å². The first kappa shape index (κ1) is 17.5. The van der Waals surface area contributed by atoms with Gasteiger partial charge in [-0.15, -0.1) is 0 Å². The molecule has 138 valence electrons. The van der Waals surface area contributed by atoms with Crippen LogP contribution in [0.15, 0.2) is 36.4 Å². The van der Waals surface area contributed by atoms with Gasteiger partial charge in [-0.3, -0.25) is 4.79 Å². The van der Waals surface area contributed by atoms with Crippen molar-refractivity contribution in [3.05, 3.63) is 47.0 Å². The lowest BCUT2D eigenvalue weighted by Gasteiger charge is -2.33. The molecule has 4 rings (SSSR count). The zero-order valence-corrected chi connectivity index (χ0v) is 15.3. The standard InChI is InChI=1S/C20H18ClN3O3/c21-15-1-3-17(14(9-15)11-22)24-7-5-13(6-8-24)20(25)23-16-2-4-18-19(10-16)27-12-26-18/h1-4,9-10,13H,5-8,12H2,(H,23,25). The number of anilines is 2. The van der Waals surface area contributed by atoms with Gasteiger partial charge in [0, 0.05) is 35.8 Å². The molecule has 0 aromatic heterocycles. The third-order valence-corrected chi connectivity index (χ3v) is 5.16. The molecule has 0 atom stereocenters. The van der Waals surface area contributed by atoms with Gasteiger partial charge < -0.3 is 19.7 Å². The molecule has 7 heteroatoms. The molecular formula is C20H18ClN3O3. The molecule has 1 fully saturated rings. The lowest BCUT2D eigenvalue weighted by Crippen LogP contribution is -2.38. The predicted molar refractivity (Wildman–Crippen MR) is 102 cm³/mol. The van der Waals surface area contributed by atoms with Crippen LogP contribution in [0.4, 0.5) is 11.4 Å². The molecule has 2 heterocycles. The highest BCUT2D eigenvalue weighted by Crippen LogP contribution is 2.35. The van der Waals surface area contributed by atoms with Crippen LogP contribution in [-0.4, -0.2) is 25.8 Å². The Morgan fingerprint density at radius 3 is 2.70 bits per heavy atom. The third kappa shape index (κ3) is 3.64. The number of benzene rings is 2. The average Bonchev–Trinajstić information content (AvgIpc) is 3.16. The van der Waals surface area contributed by atoms with Crippen molar-refractivity contribution in [3.63, 3.8) is 0 Å². The molecule has 2 aromatic rings. The minimum absolute atomic E-state index is 0.00475. The third-order valence-electron chi connectivity index (χ3n) is 4.93. The Bertz CT molecular complexity index is 917. The lowest BCUT2D eigenvalue weighted by molar-refractivity contribution is -0.120. The minimum Gasteiger partial charge on any atom is -0.454 e. The number of rotatable bonds is 3. The van der Waals surface area contributed by atoms with Crippen molar-refractivity contribution >= 4 is 28.9 Å². The second-order valence-corrected chi connectivity index (χ2v) is 7.03. The van der Waals surface area contributed by atoms with E-state index in [2.05, 4.69) is 16.3 Å². The second kappa shape index (κ2) is 7.37. The summed E-state index contributed by atoms with van der Waals surface area (Å²) in [6.07, 6.45) is 1.45. The van der Waals surface area contributed by atoms with Gasteiger partial charge in [0.05, 0.1) is 11.3 Å². The highest BCUT2D eigenvalue weighted by atomic mass is 35.5. The first-order valence-corrected chi connectivity index (χ1v) is 9.17. The number of amides is 1. The molecule has 2 aliphatic rings. The van der Waals surface area contributed by atoms with Crippen LogP contribution < -0.4 is 19.7 Å². The number of fused-ring (bicyclic) bond motifs is 1. The lowest BCUT2D eigenvalue weighted by atomic mass is 9.95. The smallest absolute Gasteiger partial charge is 0.231 e.